The number of carbonyl (C=O) groups excluding carboxylic acids is 2. The van der Waals surface area contributed by atoms with Gasteiger partial charge in [-0.25, -0.2) is 13.2 Å². The van der Waals surface area contributed by atoms with Crippen LogP contribution in [0, 0.1) is 0 Å². The fourth-order valence-electron chi connectivity index (χ4n) is 7.79. The normalized spacial score (nSPS) is 21.7. The zero-order valence-corrected chi connectivity index (χ0v) is 30.5. The molecule has 7 rings (SSSR count). The predicted molar refractivity (Wildman–Crippen MR) is 188 cm³/mol. The molecule has 1 saturated carbocycles. The highest BCUT2D eigenvalue weighted by atomic mass is 79.9. The molecule has 53 heavy (non-hydrogen) atoms. The van der Waals surface area contributed by atoms with Gasteiger partial charge in [-0.05, 0) is 120 Å². The Balaban J connectivity index is 1.35. The number of ether oxygens (including phenoxy) is 1. The summed E-state index contributed by atoms with van der Waals surface area (Å²) < 4.78 is 111. The first-order valence-corrected chi connectivity index (χ1v) is 19.4. The standard InChI is InChI=1S/C37H35BrF5N3O6S/c38-26-10-6-21-15-25(9-5-22(21)16-26)36(39,40)33(34(47)45-28-11-12-29(45)20-27(44)19-28)46(52-35(48)37(41,42)43)53(49,50)32-14-8-23-17-31(13-7-24(23)18-32)51-30-3-1-2-4-30/h5-10,13-18,27-30,33H,1-4,11-12,19-20,44H2/t27?,28?,29?,33-/m1/s1. The van der Waals surface area contributed by atoms with E-state index in [0.29, 0.717) is 33.8 Å². The molecule has 0 radical (unpaired) electrons. The molecule has 282 valence electrons. The molecule has 1 aliphatic carbocycles. The predicted octanol–water partition coefficient (Wildman–Crippen LogP) is 7.73. The molecule has 0 spiro atoms. The van der Waals surface area contributed by atoms with Gasteiger partial charge in [-0.2, -0.15) is 22.0 Å². The lowest BCUT2D eigenvalue weighted by Gasteiger charge is -2.42. The molecule has 2 heterocycles. The number of hydrogen-bond donors (Lipinski definition) is 1. The number of hydrogen-bond acceptors (Lipinski definition) is 7. The summed E-state index contributed by atoms with van der Waals surface area (Å²) in [5.74, 6) is -8.64. The minimum absolute atomic E-state index is 0.0236. The van der Waals surface area contributed by atoms with E-state index in [-0.39, 0.29) is 35.8 Å². The zero-order chi connectivity index (χ0) is 37.9. The van der Waals surface area contributed by atoms with Crippen molar-refractivity contribution in [3.8, 4) is 5.75 Å². The third-order valence-electron chi connectivity index (χ3n) is 10.3. The Morgan fingerprint density at radius 1 is 0.811 bits per heavy atom. The molecule has 2 unspecified atom stereocenters. The molecule has 3 fully saturated rings. The number of alkyl halides is 5. The topological polar surface area (TPSA) is 119 Å². The van der Waals surface area contributed by atoms with Crippen LogP contribution in [0.15, 0.2) is 82.2 Å². The van der Waals surface area contributed by atoms with Crippen LogP contribution in [0.3, 0.4) is 0 Å². The summed E-state index contributed by atoms with van der Waals surface area (Å²) in [6.07, 6.45) is -0.831. The van der Waals surface area contributed by atoms with Gasteiger partial charge < -0.3 is 20.2 Å². The maximum absolute atomic E-state index is 17.2. The SMILES string of the molecule is NC1CC2CCC(C1)N2C(=O)[C@@H](N(OC(=O)C(F)(F)F)S(=O)(=O)c1ccc2cc(OC3CCCC3)ccc2c1)C(F)(F)c1ccc2cc(Br)ccc2c1. The number of halogens is 6. The summed E-state index contributed by atoms with van der Waals surface area (Å²) in [4.78, 5) is 31.7. The first kappa shape index (κ1) is 37.5. The van der Waals surface area contributed by atoms with Gasteiger partial charge in [0.25, 0.3) is 15.9 Å². The van der Waals surface area contributed by atoms with Gasteiger partial charge in [0.1, 0.15) is 5.75 Å². The minimum Gasteiger partial charge on any atom is -0.490 e. The van der Waals surface area contributed by atoms with Crippen molar-refractivity contribution in [2.24, 2.45) is 5.73 Å². The van der Waals surface area contributed by atoms with Crippen LogP contribution in [0.5, 0.6) is 5.75 Å². The molecule has 4 aromatic rings. The van der Waals surface area contributed by atoms with Crippen molar-refractivity contribution in [3.63, 3.8) is 0 Å². The van der Waals surface area contributed by atoms with E-state index >= 15 is 8.78 Å². The molecule has 1 amide bonds. The zero-order valence-electron chi connectivity index (χ0n) is 28.1. The van der Waals surface area contributed by atoms with E-state index in [2.05, 4.69) is 20.8 Å². The molecule has 3 atom stereocenters. The van der Waals surface area contributed by atoms with E-state index in [0.717, 1.165) is 54.8 Å². The van der Waals surface area contributed by atoms with E-state index in [1.807, 2.05) is 0 Å². The second kappa shape index (κ2) is 14.1. The number of nitrogens with two attached hydrogens (primary N) is 1. The molecule has 2 saturated heterocycles. The van der Waals surface area contributed by atoms with Crippen LogP contribution in [-0.2, 0) is 30.4 Å². The van der Waals surface area contributed by atoms with Crippen molar-refractivity contribution in [1.82, 2.24) is 9.37 Å². The minimum atomic E-state index is -5.82. The van der Waals surface area contributed by atoms with Gasteiger partial charge in [0.05, 0.1) is 11.0 Å². The fourth-order valence-corrected chi connectivity index (χ4v) is 9.56. The van der Waals surface area contributed by atoms with Crippen LogP contribution < -0.4 is 10.5 Å². The average Bonchev–Trinajstić information content (AvgIpc) is 3.71. The summed E-state index contributed by atoms with van der Waals surface area (Å²) >= 11 is 3.31. The van der Waals surface area contributed by atoms with Crippen molar-refractivity contribution < 1.29 is 49.5 Å². The Labute approximate surface area is 310 Å². The highest BCUT2D eigenvalue weighted by molar-refractivity contribution is 9.10. The van der Waals surface area contributed by atoms with Crippen LogP contribution in [-0.4, -0.2) is 66.1 Å². The van der Waals surface area contributed by atoms with Gasteiger partial charge in [0, 0.05) is 28.2 Å². The van der Waals surface area contributed by atoms with E-state index < -0.39 is 67.1 Å². The third kappa shape index (κ3) is 7.34. The summed E-state index contributed by atoms with van der Waals surface area (Å²) in [6.45, 7) is 0. The number of fused-ring (bicyclic) bond motifs is 4. The van der Waals surface area contributed by atoms with E-state index in [1.54, 1.807) is 24.3 Å². The molecule has 9 nitrogen and oxygen atoms in total. The lowest BCUT2D eigenvalue weighted by molar-refractivity contribution is -0.240. The van der Waals surface area contributed by atoms with Crippen LogP contribution in [0.25, 0.3) is 21.5 Å². The lowest BCUT2D eigenvalue weighted by Crippen LogP contribution is -2.62. The summed E-state index contributed by atoms with van der Waals surface area (Å²) in [7, 11) is -5.62. The molecular formula is C37H35BrF5N3O6S. The van der Waals surface area contributed by atoms with E-state index in [4.69, 9.17) is 10.5 Å². The number of rotatable bonds is 9. The molecule has 3 aliphatic rings. The quantitative estimate of drug-likeness (QED) is 0.136. The average molecular weight is 825 g/mol. The number of amides is 1. The van der Waals surface area contributed by atoms with Crippen LogP contribution in [0.1, 0.15) is 56.9 Å². The number of piperidine rings is 1. The van der Waals surface area contributed by atoms with E-state index in [9.17, 15) is 31.2 Å². The molecule has 0 aromatic heterocycles. The van der Waals surface area contributed by atoms with Crippen molar-refractivity contribution in [2.45, 2.75) is 98.6 Å². The Morgan fingerprint density at radius 3 is 2.08 bits per heavy atom. The van der Waals surface area contributed by atoms with Gasteiger partial charge in [0.15, 0.2) is 0 Å². The third-order valence-corrected chi connectivity index (χ3v) is 12.4. The summed E-state index contributed by atoms with van der Waals surface area (Å²) in [5.41, 5.74) is 5.26. The molecule has 2 N–H and O–H groups in total. The summed E-state index contributed by atoms with van der Waals surface area (Å²) in [6, 6.07) is 11.1. The van der Waals surface area contributed by atoms with E-state index in [1.165, 1.54) is 24.3 Å². The number of carbonyl (C=O) groups is 2. The molecular weight excluding hydrogens is 789 g/mol. The second-order valence-corrected chi connectivity index (χ2v) is 16.6. The Kier molecular flexibility index (Phi) is 9.96. The first-order valence-electron chi connectivity index (χ1n) is 17.2. The summed E-state index contributed by atoms with van der Waals surface area (Å²) in [5, 5.41) is 1.53. The van der Waals surface area contributed by atoms with Crippen molar-refractivity contribution >= 4 is 59.4 Å². The van der Waals surface area contributed by atoms with Crippen LogP contribution in [0.4, 0.5) is 22.0 Å². The maximum atomic E-state index is 17.2. The monoisotopic (exact) mass is 823 g/mol. The number of hydroxylamine groups is 1. The van der Waals surface area contributed by atoms with Gasteiger partial charge in [0.2, 0.25) is 6.04 Å². The highest BCUT2D eigenvalue weighted by Crippen LogP contribution is 2.44. The van der Waals surface area contributed by atoms with Crippen LogP contribution >= 0.6 is 15.9 Å². The van der Waals surface area contributed by atoms with Gasteiger partial charge in [-0.15, -0.1) is 0 Å². The van der Waals surface area contributed by atoms with Gasteiger partial charge >= 0.3 is 18.1 Å². The van der Waals surface area contributed by atoms with Crippen molar-refractivity contribution in [2.75, 3.05) is 0 Å². The number of benzene rings is 4. The van der Waals surface area contributed by atoms with Gasteiger partial charge in [-0.1, -0.05) is 46.3 Å². The Morgan fingerprint density at radius 2 is 1.40 bits per heavy atom. The number of sulfonamides is 1. The van der Waals surface area contributed by atoms with Crippen molar-refractivity contribution in [1.29, 1.82) is 0 Å². The largest absolute Gasteiger partial charge is 0.492 e. The fraction of sp³-hybridized carbons (Fsp3) is 0.405. The smallest absolute Gasteiger partial charge is 0.490 e. The Bertz CT molecular complexity index is 2170. The van der Waals surface area contributed by atoms with Crippen LogP contribution in [0.2, 0.25) is 0 Å². The molecule has 16 heteroatoms. The first-order chi connectivity index (χ1) is 25.0. The van der Waals surface area contributed by atoms with Gasteiger partial charge in [-0.3, -0.25) is 4.79 Å². The lowest BCUT2D eigenvalue weighted by atomic mass is 9.94. The maximum Gasteiger partial charge on any atom is 0.492 e. The second-order valence-electron chi connectivity index (χ2n) is 13.9. The molecule has 4 aromatic carbocycles. The highest BCUT2D eigenvalue weighted by Gasteiger charge is 2.60. The Hall–Kier alpha value is -3.86. The van der Waals surface area contributed by atoms with Crippen molar-refractivity contribution in [3.05, 3.63) is 82.8 Å². The molecule has 2 bridgehead atoms. The molecule has 2 aliphatic heterocycles. The number of nitrogens with zero attached hydrogens (tertiary/aromatic N) is 2.